The molecule has 1 unspecified atom stereocenters. The molecule has 0 aliphatic carbocycles. The fourth-order valence-electron chi connectivity index (χ4n) is 0.675. The van der Waals surface area contributed by atoms with Crippen LogP contribution in [0.5, 0.6) is 0 Å². The minimum absolute atomic E-state index is 0. The van der Waals surface area contributed by atoms with Crippen LogP contribution in [0.25, 0.3) is 0 Å². The lowest BCUT2D eigenvalue weighted by Gasteiger charge is -2.09. The van der Waals surface area contributed by atoms with Crippen LogP contribution in [-0.4, -0.2) is 35.8 Å². The summed E-state index contributed by atoms with van der Waals surface area (Å²) in [6.45, 7) is 3.15. The Balaban J connectivity index is -0.000000375. The molecule has 0 aliphatic heterocycles. The van der Waals surface area contributed by atoms with Gasteiger partial charge in [0.2, 0.25) is 0 Å². The van der Waals surface area contributed by atoms with Crippen LogP contribution in [-0.2, 0) is 23.4 Å². The molecular formula is C11H29O7P. The fraction of sp³-hybridized carbons (Fsp3) is 0.909. The normalized spacial score (nSPS) is 11.4. The van der Waals surface area contributed by atoms with Crippen molar-refractivity contribution in [3.05, 3.63) is 0 Å². The highest BCUT2D eigenvalue weighted by Crippen LogP contribution is 2.35. The predicted octanol–water partition coefficient (Wildman–Crippen LogP) is 2.57. The Morgan fingerprint density at radius 3 is 2.16 bits per heavy atom. The second kappa shape index (κ2) is 14.0. The van der Waals surface area contributed by atoms with E-state index in [1.165, 1.54) is 0 Å². The Morgan fingerprint density at radius 1 is 1.21 bits per heavy atom. The number of carbonyl (C=O) groups excluding carboxylic acids is 1. The molecule has 0 aliphatic rings. The Hall–Kier alpha value is -0.460. The van der Waals surface area contributed by atoms with Crippen LogP contribution in [0.3, 0.4) is 0 Å². The molecule has 1 atom stereocenters. The molecule has 19 heavy (non-hydrogen) atoms. The van der Waals surface area contributed by atoms with Gasteiger partial charge in [-0.2, -0.15) is 0 Å². The molecule has 0 aromatic carbocycles. The van der Waals surface area contributed by atoms with E-state index in [9.17, 15) is 9.36 Å². The summed E-state index contributed by atoms with van der Waals surface area (Å²) in [6.07, 6.45) is 0.695. The molecule has 0 aromatic heterocycles. The SMILES string of the molecule is C.C.C.CCC(C)C(=O)OCCOCOP(=O)(O)O. The average molecular weight is 304 g/mol. The van der Waals surface area contributed by atoms with Crippen molar-refractivity contribution < 1.29 is 33.1 Å². The van der Waals surface area contributed by atoms with Crippen molar-refractivity contribution in [2.45, 2.75) is 42.5 Å². The van der Waals surface area contributed by atoms with E-state index < -0.39 is 14.6 Å². The monoisotopic (exact) mass is 304 g/mol. The third-order valence-corrected chi connectivity index (χ3v) is 2.23. The van der Waals surface area contributed by atoms with Crippen molar-refractivity contribution in [3.8, 4) is 0 Å². The number of rotatable bonds is 8. The number of esters is 1. The zero-order valence-electron chi connectivity index (χ0n) is 9.29. The van der Waals surface area contributed by atoms with E-state index in [-0.39, 0.29) is 47.4 Å². The van der Waals surface area contributed by atoms with Crippen LogP contribution in [0.15, 0.2) is 0 Å². The van der Waals surface area contributed by atoms with E-state index in [0.717, 1.165) is 0 Å². The smallest absolute Gasteiger partial charge is 0.463 e. The molecule has 0 bridgehead atoms. The summed E-state index contributed by atoms with van der Waals surface area (Å²) in [5, 5.41) is 0. The Bertz CT molecular complexity index is 251. The molecule has 0 spiro atoms. The molecule has 2 N–H and O–H groups in total. The average Bonchev–Trinajstić information content (AvgIpc) is 2.20. The summed E-state index contributed by atoms with van der Waals surface area (Å²) < 4.78 is 23.7. The molecule has 0 aromatic rings. The quantitative estimate of drug-likeness (QED) is 0.307. The van der Waals surface area contributed by atoms with Crippen molar-refractivity contribution >= 4 is 13.8 Å². The van der Waals surface area contributed by atoms with Crippen molar-refractivity contribution in [1.82, 2.24) is 0 Å². The molecule has 0 heterocycles. The van der Waals surface area contributed by atoms with E-state index in [1.54, 1.807) is 6.92 Å². The summed E-state index contributed by atoms with van der Waals surface area (Å²) in [5.74, 6) is -0.478. The predicted molar refractivity (Wildman–Crippen MR) is 74.6 cm³/mol. The highest BCUT2D eigenvalue weighted by molar-refractivity contribution is 7.46. The highest BCUT2D eigenvalue weighted by atomic mass is 31.2. The van der Waals surface area contributed by atoms with Crippen molar-refractivity contribution in [3.63, 3.8) is 0 Å². The molecule has 0 fully saturated rings. The van der Waals surface area contributed by atoms with Crippen molar-refractivity contribution in [1.29, 1.82) is 0 Å². The number of ether oxygens (including phenoxy) is 2. The summed E-state index contributed by atoms with van der Waals surface area (Å²) >= 11 is 0. The van der Waals surface area contributed by atoms with Gasteiger partial charge in [0.05, 0.1) is 12.5 Å². The second-order valence-corrected chi connectivity index (χ2v) is 4.36. The molecule has 0 saturated carbocycles. The second-order valence-electron chi connectivity index (χ2n) is 3.12. The zero-order chi connectivity index (χ0) is 12.6. The standard InChI is InChI=1S/C8H17O7P.3CH4/c1-3-7(2)8(9)14-5-4-13-6-15-16(10,11)12;;;/h7H,3-6H2,1-2H3,(H2,10,11,12);3*1H4. The van der Waals surface area contributed by atoms with Crippen LogP contribution >= 0.6 is 7.82 Å². The largest absolute Gasteiger partial charge is 0.471 e. The van der Waals surface area contributed by atoms with Crippen LogP contribution in [0.2, 0.25) is 0 Å². The van der Waals surface area contributed by atoms with E-state index in [1.807, 2.05) is 6.92 Å². The third kappa shape index (κ3) is 17.5. The Morgan fingerprint density at radius 2 is 1.74 bits per heavy atom. The van der Waals surface area contributed by atoms with Crippen LogP contribution in [0.1, 0.15) is 42.5 Å². The van der Waals surface area contributed by atoms with E-state index >= 15 is 0 Å². The number of phosphoric acid groups is 1. The van der Waals surface area contributed by atoms with Gasteiger partial charge in [-0.25, -0.2) is 4.57 Å². The minimum Gasteiger partial charge on any atom is -0.463 e. The molecule has 0 amide bonds. The lowest BCUT2D eigenvalue weighted by molar-refractivity contribution is -0.150. The first kappa shape index (κ1) is 27.0. The minimum atomic E-state index is -4.49. The van der Waals surface area contributed by atoms with Gasteiger partial charge in [-0.3, -0.25) is 9.32 Å². The van der Waals surface area contributed by atoms with E-state index in [0.29, 0.717) is 6.42 Å². The lowest BCUT2D eigenvalue weighted by Crippen LogP contribution is -2.17. The van der Waals surface area contributed by atoms with Gasteiger partial charge in [0.15, 0.2) is 6.79 Å². The lowest BCUT2D eigenvalue weighted by atomic mass is 10.1. The number of phosphoric ester groups is 1. The van der Waals surface area contributed by atoms with Crippen LogP contribution in [0.4, 0.5) is 0 Å². The maximum Gasteiger partial charge on any atom is 0.471 e. The van der Waals surface area contributed by atoms with Crippen molar-refractivity contribution in [2.24, 2.45) is 5.92 Å². The van der Waals surface area contributed by atoms with Crippen LogP contribution < -0.4 is 0 Å². The summed E-state index contributed by atoms with van der Waals surface area (Å²) in [4.78, 5) is 27.7. The maximum atomic E-state index is 11.1. The number of hydrogen-bond donors (Lipinski definition) is 2. The summed E-state index contributed by atoms with van der Waals surface area (Å²) in [7, 11) is -4.49. The van der Waals surface area contributed by atoms with E-state index in [2.05, 4.69) is 9.26 Å². The first-order valence-electron chi connectivity index (χ1n) is 4.81. The Labute approximate surface area is 116 Å². The fourth-order valence-corrected chi connectivity index (χ4v) is 0.887. The third-order valence-electron chi connectivity index (χ3n) is 1.79. The van der Waals surface area contributed by atoms with Gasteiger partial charge in [-0.15, -0.1) is 0 Å². The van der Waals surface area contributed by atoms with Gasteiger partial charge < -0.3 is 19.3 Å². The first-order chi connectivity index (χ1) is 7.37. The first-order valence-corrected chi connectivity index (χ1v) is 6.34. The molecule has 8 heteroatoms. The summed E-state index contributed by atoms with van der Waals surface area (Å²) in [5.41, 5.74) is 0. The molecular weight excluding hydrogens is 275 g/mol. The van der Waals surface area contributed by atoms with Gasteiger partial charge in [0.1, 0.15) is 6.61 Å². The van der Waals surface area contributed by atoms with Crippen molar-refractivity contribution in [2.75, 3.05) is 20.0 Å². The molecule has 0 saturated heterocycles. The number of carbonyl (C=O) groups is 1. The van der Waals surface area contributed by atoms with Gasteiger partial charge in [-0.05, 0) is 6.42 Å². The van der Waals surface area contributed by atoms with Gasteiger partial charge in [0.25, 0.3) is 0 Å². The summed E-state index contributed by atoms with van der Waals surface area (Å²) in [6, 6.07) is 0. The molecule has 0 rings (SSSR count). The zero-order valence-corrected chi connectivity index (χ0v) is 10.2. The van der Waals surface area contributed by atoms with Crippen LogP contribution in [0, 0.1) is 5.92 Å². The Kier molecular flexibility index (Phi) is 19.8. The van der Waals surface area contributed by atoms with E-state index in [4.69, 9.17) is 14.5 Å². The molecule has 120 valence electrons. The molecule has 7 nitrogen and oxygen atoms in total. The molecule has 0 radical (unpaired) electrons. The van der Waals surface area contributed by atoms with Gasteiger partial charge >= 0.3 is 13.8 Å². The van der Waals surface area contributed by atoms with Gasteiger partial charge in [0, 0.05) is 0 Å². The van der Waals surface area contributed by atoms with Gasteiger partial charge in [-0.1, -0.05) is 36.1 Å². The maximum absolute atomic E-state index is 11.1. The topological polar surface area (TPSA) is 102 Å². The number of hydrogen-bond acceptors (Lipinski definition) is 5. The highest BCUT2D eigenvalue weighted by Gasteiger charge is 2.13.